The largest absolute Gasteiger partial charge is 0.416 e. The summed E-state index contributed by atoms with van der Waals surface area (Å²) in [6, 6.07) is 8.44. The van der Waals surface area contributed by atoms with Crippen LogP contribution in [0.1, 0.15) is 27.2 Å². The number of hydrogen-bond acceptors (Lipinski definition) is 3. The average molecular weight is 560 g/mol. The molecule has 2 heterocycles. The van der Waals surface area contributed by atoms with Crippen molar-refractivity contribution in [3.8, 4) is 11.1 Å². The summed E-state index contributed by atoms with van der Waals surface area (Å²) < 4.78 is 79.0. The lowest BCUT2D eigenvalue weighted by atomic mass is 9.98. The van der Waals surface area contributed by atoms with Crippen molar-refractivity contribution in [1.29, 1.82) is 0 Å². The maximum Gasteiger partial charge on any atom is 0.416 e. The fourth-order valence-electron chi connectivity index (χ4n) is 3.67. The molecule has 4 rings (SSSR count). The second-order valence-corrected chi connectivity index (χ2v) is 8.64. The molecule has 5 nitrogen and oxygen atoms in total. The van der Waals surface area contributed by atoms with Crippen LogP contribution in [0, 0.1) is 0 Å². The fourth-order valence-corrected chi connectivity index (χ4v) is 3.97. The number of amides is 1. The normalized spacial score (nSPS) is 12.1. The lowest BCUT2D eigenvalue weighted by Crippen LogP contribution is -2.27. The van der Waals surface area contributed by atoms with Gasteiger partial charge in [0, 0.05) is 23.7 Å². The number of hydrogen-bond donors (Lipinski definition) is 2. The highest BCUT2D eigenvalue weighted by molar-refractivity contribution is 6.42. The number of H-pyrrole nitrogens is 1. The van der Waals surface area contributed by atoms with E-state index in [1.807, 2.05) is 0 Å². The van der Waals surface area contributed by atoms with Gasteiger partial charge in [-0.05, 0) is 47.5 Å². The van der Waals surface area contributed by atoms with Gasteiger partial charge in [-0.15, -0.1) is 0 Å². The molecule has 0 fully saturated rings. The Morgan fingerprint density at radius 3 is 2.16 bits per heavy atom. The third-order valence-electron chi connectivity index (χ3n) is 5.32. The molecule has 2 aromatic carbocycles. The first kappa shape index (κ1) is 26.5. The van der Waals surface area contributed by atoms with Crippen LogP contribution < -0.4 is 10.9 Å². The Hall–Kier alpha value is -3.57. The van der Waals surface area contributed by atoms with Gasteiger partial charge in [-0.25, -0.2) is 0 Å². The molecule has 0 atom stereocenters. The number of fused-ring (bicyclic) bond motifs is 1. The van der Waals surface area contributed by atoms with Gasteiger partial charge in [0.25, 0.3) is 11.5 Å². The number of pyridine rings is 2. The molecule has 0 spiro atoms. The molecule has 0 aliphatic carbocycles. The number of halogens is 8. The summed E-state index contributed by atoms with van der Waals surface area (Å²) in [6.45, 7) is -0.695. The van der Waals surface area contributed by atoms with Crippen LogP contribution in [0.2, 0.25) is 10.0 Å². The van der Waals surface area contributed by atoms with Crippen LogP contribution in [0.3, 0.4) is 0 Å². The summed E-state index contributed by atoms with van der Waals surface area (Å²) in [7, 11) is 0. The Morgan fingerprint density at radius 2 is 1.57 bits per heavy atom. The third-order valence-corrected chi connectivity index (χ3v) is 6.06. The summed E-state index contributed by atoms with van der Waals surface area (Å²) in [5.41, 5.74) is -3.99. The quantitative estimate of drug-likeness (QED) is 0.268. The van der Waals surface area contributed by atoms with Crippen LogP contribution in [-0.4, -0.2) is 15.9 Å². The summed E-state index contributed by atoms with van der Waals surface area (Å²) in [6.07, 6.45) is -8.73. The zero-order valence-corrected chi connectivity index (χ0v) is 19.7. The van der Waals surface area contributed by atoms with Crippen molar-refractivity contribution in [3.63, 3.8) is 0 Å². The smallest absolute Gasteiger partial charge is 0.347 e. The zero-order chi connectivity index (χ0) is 27.1. The van der Waals surface area contributed by atoms with E-state index in [2.05, 4.69) is 15.3 Å². The number of rotatable bonds is 4. The predicted molar refractivity (Wildman–Crippen MR) is 125 cm³/mol. The van der Waals surface area contributed by atoms with Crippen LogP contribution >= 0.6 is 23.2 Å². The van der Waals surface area contributed by atoms with E-state index in [9.17, 15) is 35.9 Å². The molecule has 0 bridgehead atoms. The van der Waals surface area contributed by atoms with Gasteiger partial charge in [-0.3, -0.25) is 14.6 Å². The van der Waals surface area contributed by atoms with Gasteiger partial charge in [-0.1, -0.05) is 35.3 Å². The topological polar surface area (TPSA) is 74.8 Å². The van der Waals surface area contributed by atoms with Crippen molar-refractivity contribution in [2.45, 2.75) is 18.9 Å². The molecule has 0 saturated carbocycles. The lowest BCUT2D eigenvalue weighted by Gasteiger charge is -2.16. The Bertz CT molecular complexity index is 1550. The summed E-state index contributed by atoms with van der Waals surface area (Å²) >= 11 is 12.1. The lowest BCUT2D eigenvalue weighted by molar-refractivity contribution is -0.143. The predicted octanol–water partition coefficient (Wildman–Crippen LogP) is 6.86. The SMILES string of the molecule is O=C(NCc1cc(C(F)(F)F)cc(C(F)(F)F)c1)c1[nH]c(=O)c2ncccc2c1-c1ccc(Cl)c(Cl)c1. The first-order valence-electron chi connectivity index (χ1n) is 10.3. The average Bonchev–Trinajstić information content (AvgIpc) is 2.83. The van der Waals surface area contributed by atoms with Crippen molar-refractivity contribution < 1.29 is 31.1 Å². The number of nitrogens with zero attached hydrogens (tertiary/aromatic N) is 1. The first-order valence-corrected chi connectivity index (χ1v) is 11.0. The Kier molecular flexibility index (Phi) is 6.95. The minimum Gasteiger partial charge on any atom is -0.347 e. The van der Waals surface area contributed by atoms with Gasteiger partial charge >= 0.3 is 12.4 Å². The van der Waals surface area contributed by atoms with Gasteiger partial charge < -0.3 is 10.3 Å². The molecule has 0 aliphatic heterocycles. The van der Waals surface area contributed by atoms with Crippen LogP contribution in [0.5, 0.6) is 0 Å². The fraction of sp³-hybridized carbons (Fsp3) is 0.125. The van der Waals surface area contributed by atoms with E-state index < -0.39 is 47.1 Å². The minimum absolute atomic E-state index is 0.00665. The second kappa shape index (κ2) is 9.71. The minimum atomic E-state index is -5.04. The van der Waals surface area contributed by atoms with Gasteiger partial charge in [0.15, 0.2) is 0 Å². The maximum atomic E-state index is 13.2. The standard InChI is InChI=1S/C24H13Cl2F6N3O2/c25-16-4-3-12(8-17(16)26)18-15-2-1-5-33-19(15)22(37)35-20(18)21(36)34-10-11-6-13(23(27,28)29)9-14(7-11)24(30,31)32/h1-9H,10H2,(H,34,36)(H,35,37). The van der Waals surface area contributed by atoms with Gasteiger partial charge in [0.05, 0.1) is 21.2 Å². The highest BCUT2D eigenvalue weighted by Crippen LogP contribution is 2.37. The molecular weight excluding hydrogens is 547 g/mol. The Balaban J connectivity index is 1.78. The summed E-state index contributed by atoms with van der Waals surface area (Å²) in [5.74, 6) is -0.963. The number of carbonyl (C=O) groups excluding carboxylic acids is 1. The molecule has 0 radical (unpaired) electrons. The number of aromatic amines is 1. The van der Waals surface area contributed by atoms with E-state index in [-0.39, 0.29) is 38.3 Å². The number of benzene rings is 2. The van der Waals surface area contributed by atoms with Gasteiger partial charge in [0.1, 0.15) is 11.2 Å². The first-order chi connectivity index (χ1) is 17.3. The van der Waals surface area contributed by atoms with Crippen LogP contribution in [0.25, 0.3) is 22.0 Å². The summed E-state index contributed by atoms with van der Waals surface area (Å²) in [4.78, 5) is 32.1. The zero-order valence-electron chi connectivity index (χ0n) is 18.2. The maximum absolute atomic E-state index is 13.2. The molecule has 2 aromatic heterocycles. The molecule has 0 aliphatic rings. The van der Waals surface area contributed by atoms with Gasteiger partial charge in [-0.2, -0.15) is 26.3 Å². The van der Waals surface area contributed by atoms with Crippen LogP contribution in [0.4, 0.5) is 26.3 Å². The monoisotopic (exact) mass is 559 g/mol. The molecule has 4 aromatic rings. The number of carbonyl (C=O) groups is 1. The molecule has 2 N–H and O–H groups in total. The Labute approximate surface area is 214 Å². The van der Waals surface area contributed by atoms with E-state index in [0.29, 0.717) is 17.7 Å². The van der Waals surface area contributed by atoms with Crippen molar-refractivity contribution >= 4 is 40.0 Å². The molecule has 192 valence electrons. The highest BCUT2D eigenvalue weighted by Gasteiger charge is 2.37. The third kappa shape index (κ3) is 5.57. The molecule has 1 amide bonds. The number of nitrogens with one attached hydrogen (secondary N) is 2. The molecule has 0 saturated heterocycles. The molecular formula is C24H13Cl2F6N3O2. The number of aromatic nitrogens is 2. The number of alkyl halides is 6. The molecule has 13 heteroatoms. The molecule has 37 heavy (non-hydrogen) atoms. The second-order valence-electron chi connectivity index (χ2n) is 7.83. The van der Waals surface area contributed by atoms with Crippen LogP contribution in [0.15, 0.2) is 59.5 Å². The highest BCUT2D eigenvalue weighted by atomic mass is 35.5. The van der Waals surface area contributed by atoms with E-state index in [0.717, 1.165) is 0 Å². The van der Waals surface area contributed by atoms with Crippen molar-refractivity contribution in [3.05, 3.63) is 97.5 Å². The van der Waals surface area contributed by atoms with E-state index in [1.54, 1.807) is 0 Å². The van der Waals surface area contributed by atoms with Gasteiger partial charge in [0.2, 0.25) is 0 Å². The van der Waals surface area contributed by atoms with Crippen LogP contribution in [-0.2, 0) is 18.9 Å². The summed E-state index contributed by atoms with van der Waals surface area (Å²) in [5, 5.41) is 2.89. The molecule has 0 unspecified atom stereocenters. The Morgan fingerprint density at radius 1 is 0.919 bits per heavy atom. The van der Waals surface area contributed by atoms with E-state index in [1.165, 1.54) is 36.5 Å². The van der Waals surface area contributed by atoms with E-state index in [4.69, 9.17) is 23.2 Å². The van der Waals surface area contributed by atoms with Crippen molar-refractivity contribution in [2.75, 3.05) is 0 Å². The van der Waals surface area contributed by atoms with Crippen molar-refractivity contribution in [1.82, 2.24) is 15.3 Å². The van der Waals surface area contributed by atoms with E-state index >= 15 is 0 Å². The van der Waals surface area contributed by atoms with Crippen molar-refractivity contribution in [2.24, 2.45) is 0 Å².